The highest BCUT2D eigenvalue weighted by Crippen LogP contribution is 2.26. The predicted molar refractivity (Wildman–Crippen MR) is 63.6 cm³/mol. The Balaban J connectivity index is 2.55. The SMILES string of the molecule is Cn1c2ccccc2c2ccc(C=O)nc21. The fourth-order valence-electron chi connectivity index (χ4n) is 2.10. The zero-order valence-corrected chi connectivity index (χ0v) is 8.84. The molecule has 3 rings (SSSR count). The molecule has 2 heterocycles. The van der Waals surface area contributed by atoms with Gasteiger partial charge in [-0.15, -0.1) is 0 Å². The van der Waals surface area contributed by atoms with Crippen LogP contribution < -0.4 is 0 Å². The van der Waals surface area contributed by atoms with Crippen molar-refractivity contribution in [2.24, 2.45) is 7.05 Å². The van der Waals surface area contributed by atoms with Crippen LogP contribution in [0.4, 0.5) is 0 Å². The molecule has 0 atom stereocenters. The van der Waals surface area contributed by atoms with Crippen LogP contribution in [0.25, 0.3) is 21.9 Å². The van der Waals surface area contributed by atoms with Crippen molar-refractivity contribution in [3.05, 3.63) is 42.1 Å². The van der Waals surface area contributed by atoms with Gasteiger partial charge < -0.3 is 4.57 Å². The van der Waals surface area contributed by atoms with E-state index in [2.05, 4.69) is 17.1 Å². The Bertz CT molecular complexity index is 698. The van der Waals surface area contributed by atoms with Gasteiger partial charge in [0.05, 0.1) is 5.52 Å². The molecule has 0 N–H and O–H groups in total. The molecule has 0 aliphatic rings. The van der Waals surface area contributed by atoms with E-state index in [-0.39, 0.29) is 0 Å². The van der Waals surface area contributed by atoms with Crippen molar-refractivity contribution >= 4 is 28.2 Å². The lowest BCUT2D eigenvalue weighted by Crippen LogP contribution is -1.92. The van der Waals surface area contributed by atoms with Crippen LogP contribution in [-0.4, -0.2) is 15.8 Å². The fourth-order valence-corrected chi connectivity index (χ4v) is 2.10. The summed E-state index contributed by atoms with van der Waals surface area (Å²) < 4.78 is 2.01. The lowest BCUT2D eigenvalue weighted by molar-refractivity contribution is 0.111. The van der Waals surface area contributed by atoms with Crippen molar-refractivity contribution in [1.29, 1.82) is 0 Å². The van der Waals surface area contributed by atoms with Gasteiger partial charge in [-0.3, -0.25) is 4.79 Å². The lowest BCUT2D eigenvalue weighted by atomic mass is 10.2. The maximum Gasteiger partial charge on any atom is 0.168 e. The fraction of sp³-hybridized carbons (Fsp3) is 0.0769. The Morgan fingerprint density at radius 2 is 1.94 bits per heavy atom. The maximum absolute atomic E-state index is 10.7. The number of nitrogens with zero attached hydrogens (tertiary/aromatic N) is 2. The summed E-state index contributed by atoms with van der Waals surface area (Å²) in [6.45, 7) is 0. The highest BCUT2D eigenvalue weighted by molar-refractivity contribution is 6.07. The minimum Gasteiger partial charge on any atom is -0.328 e. The summed E-state index contributed by atoms with van der Waals surface area (Å²) in [5.74, 6) is 0. The van der Waals surface area contributed by atoms with Gasteiger partial charge in [-0.2, -0.15) is 0 Å². The summed E-state index contributed by atoms with van der Waals surface area (Å²) in [7, 11) is 1.96. The second-order valence-corrected chi connectivity index (χ2v) is 3.80. The van der Waals surface area contributed by atoms with Crippen molar-refractivity contribution in [1.82, 2.24) is 9.55 Å². The van der Waals surface area contributed by atoms with Crippen LogP contribution in [0.5, 0.6) is 0 Å². The molecule has 78 valence electrons. The third-order valence-electron chi connectivity index (χ3n) is 2.89. The second-order valence-electron chi connectivity index (χ2n) is 3.80. The van der Waals surface area contributed by atoms with Crippen molar-refractivity contribution in [2.45, 2.75) is 0 Å². The van der Waals surface area contributed by atoms with Crippen LogP contribution in [0.15, 0.2) is 36.4 Å². The monoisotopic (exact) mass is 210 g/mol. The third kappa shape index (κ3) is 1.08. The summed E-state index contributed by atoms with van der Waals surface area (Å²) >= 11 is 0. The molecule has 16 heavy (non-hydrogen) atoms. The minimum atomic E-state index is 0.471. The molecule has 3 nitrogen and oxygen atoms in total. The van der Waals surface area contributed by atoms with Crippen LogP contribution in [0, 0.1) is 0 Å². The number of aryl methyl sites for hydroxylation is 1. The van der Waals surface area contributed by atoms with Gasteiger partial charge in [0.1, 0.15) is 11.3 Å². The van der Waals surface area contributed by atoms with Crippen LogP contribution in [0.2, 0.25) is 0 Å². The molecular weight excluding hydrogens is 200 g/mol. The Morgan fingerprint density at radius 3 is 2.75 bits per heavy atom. The smallest absolute Gasteiger partial charge is 0.168 e. The molecule has 0 bridgehead atoms. The highest BCUT2D eigenvalue weighted by atomic mass is 16.1. The molecule has 0 saturated carbocycles. The number of hydrogen-bond donors (Lipinski definition) is 0. The first-order valence-electron chi connectivity index (χ1n) is 5.10. The lowest BCUT2D eigenvalue weighted by Gasteiger charge is -1.96. The number of rotatable bonds is 1. The molecule has 0 aliphatic carbocycles. The number of carbonyl (C=O) groups is 1. The number of benzene rings is 1. The van der Waals surface area contributed by atoms with Gasteiger partial charge >= 0.3 is 0 Å². The predicted octanol–water partition coefficient (Wildman–Crippen LogP) is 2.54. The molecule has 0 amide bonds. The quantitative estimate of drug-likeness (QED) is 0.578. The van der Waals surface area contributed by atoms with Gasteiger partial charge in [-0.25, -0.2) is 4.98 Å². The standard InChI is InChI=1S/C13H10N2O/c1-15-12-5-3-2-4-10(12)11-7-6-9(8-16)14-13(11)15/h2-8H,1H3. The molecule has 0 aliphatic heterocycles. The summed E-state index contributed by atoms with van der Waals surface area (Å²) in [5, 5.41) is 2.26. The zero-order valence-electron chi connectivity index (χ0n) is 8.84. The first-order valence-corrected chi connectivity index (χ1v) is 5.10. The normalized spacial score (nSPS) is 11.1. The molecule has 1 aromatic carbocycles. The van der Waals surface area contributed by atoms with Crippen molar-refractivity contribution in [2.75, 3.05) is 0 Å². The molecule has 0 radical (unpaired) electrons. The van der Waals surface area contributed by atoms with E-state index < -0.39 is 0 Å². The minimum absolute atomic E-state index is 0.471. The molecule has 2 aromatic heterocycles. The van der Waals surface area contributed by atoms with Crippen LogP contribution in [0.1, 0.15) is 10.5 Å². The number of aldehydes is 1. The Morgan fingerprint density at radius 1 is 1.12 bits per heavy atom. The van der Waals surface area contributed by atoms with E-state index >= 15 is 0 Å². The van der Waals surface area contributed by atoms with Gasteiger partial charge in [-0.1, -0.05) is 18.2 Å². The number of pyridine rings is 1. The van der Waals surface area contributed by atoms with E-state index in [1.165, 1.54) is 5.39 Å². The van der Waals surface area contributed by atoms with Gasteiger partial charge in [0.25, 0.3) is 0 Å². The highest BCUT2D eigenvalue weighted by Gasteiger charge is 2.08. The number of hydrogen-bond acceptors (Lipinski definition) is 2. The van der Waals surface area contributed by atoms with E-state index in [9.17, 15) is 4.79 Å². The first kappa shape index (κ1) is 9.09. The van der Waals surface area contributed by atoms with Crippen molar-refractivity contribution in [3.63, 3.8) is 0 Å². The third-order valence-corrected chi connectivity index (χ3v) is 2.89. The van der Waals surface area contributed by atoms with E-state index in [1.807, 2.05) is 29.8 Å². The van der Waals surface area contributed by atoms with Gasteiger partial charge in [-0.05, 0) is 18.2 Å². The molecule has 3 aromatic rings. The van der Waals surface area contributed by atoms with Crippen molar-refractivity contribution in [3.8, 4) is 0 Å². The van der Waals surface area contributed by atoms with Gasteiger partial charge in [0, 0.05) is 17.8 Å². The summed E-state index contributed by atoms with van der Waals surface area (Å²) in [5.41, 5.74) is 2.46. The van der Waals surface area contributed by atoms with Crippen LogP contribution >= 0.6 is 0 Å². The average molecular weight is 210 g/mol. The van der Waals surface area contributed by atoms with Crippen LogP contribution in [0.3, 0.4) is 0 Å². The molecule has 3 heteroatoms. The van der Waals surface area contributed by atoms with Crippen molar-refractivity contribution < 1.29 is 4.79 Å². The average Bonchev–Trinajstić information content (AvgIpc) is 2.64. The second kappa shape index (κ2) is 3.17. The molecule has 0 unspecified atom stereocenters. The van der Waals surface area contributed by atoms with Crippen LogP contribution in [-0.2, 0) is 7.05 Å². The maximum atomic E-state index is 10.7. The van der Waals surface area contributed by atoms with E-state index in [1.54, 1.807) is 6.07 Å². The summed E-state index contributed by atoms with van der Waals surface area (Å²) in [6.07, 6.45) is 0.775. The number of carbonyl (C=O) groups excluding carboxylic acids is 1. The number of fused-ring (bicyclic) bond motifs is 3. The Labute approximate surface area is 92.3 Å². The Hall–Kier alpha value is -2.16. The number of para-hydroxylation sites is 1. The molecular formula is C13H10N2O. The number of aromatic nitrogens is 2. The molecule has 0 saturated heterocycles. The van der Waals surface area contributed by atoms with Gasteiger partial charge in [0.2, 0.25) is 0 Å². The van der Waals surface area contributed by atoms with E-state index in [0.717, 1.165) is 22.8 Å². The molecule has 0 fully saturated rings. The Kier molecular flexibility index (Phi) is 1.80. The summed E-state index contributed by atoms with van der Waals surface area (Å²) in [4.78, 5) is 15.0. The van der Waals surface area contributed by atoms with E-state index in [0.29, 0.717) is 5.69 Å². The summed E-state index contributed by atoms with van der Waals surface area (Å²) in [6, 6.07) is 11.8. The first-order chi connectivity index (χ1) is 7.81. The van der Waals surface area contributed by atoms with Gasteiger partial charge in [0.15, 0.2) is 6.29 Å². The topological polar surface area (TPSA) is 34.9 Å². The van der Waals surface area contributed by atoms with E-state index in [4.69, 9.17) is 0 Å². The largest absolute Gasteiger partial charge is 0.328 e. The zero-order chi connectivity index (χ0) is 11.1. The molecule has 0 spiro atoms.